The molecule has 0 aliphatic carbocycles. The smallest absolute Gasteiger partial charge is 0.124 e. The van der Waals surface area contributed by atoms with Gasteiger partial charge >= 0.3 is 0 Å². The Hall–Kier alpha value is -3.00. The highest BCUT2D eigenvalue weighted by molar-refractivity contribution is 6.11. The van der Waals surface area contributed by atoms with Gasteiger partial charge in [0, 0.05) is 16.8 Å². The third kappa shape index (κ3) is 2.11. The molecule has 4 aromatic rings. The summed E-state index contributed by atoms with van der Waals surface area (Å²) in [6, 6.07) is 22.0. The maximum absolute atomic E-state index is 10.6. The molecular weight excluding hydrogens is 282 g/mol. The first-order valence-corrected chi connectivity index (χ1v) is 7.65. The van der Waals surface area contributed by atoms with Crippen molar-refractivity contribution < 1.29 is 5.11 Å². The number of benzene rings is 4. The summed E-state index contributed by atoms with van der Waals surface area (Å²) in [7, 11) is 0. The highest BCUT2D eigenvalue weighted by atomic mass is 16.3. The number of nitrogens with two attached hydrogens (primary N) is 1. The first-order chi connectivity index (χ1) is 11.1. The van der Waals surface area contributed by atoms with E-state index in [1.807, 2.05) is 42.5 Å². The number of phenolic OH excluding ortho intramolecular Hbond substituents is 1. The average Bonchev–Trinajstić information content (AvgIpc) is 2.56. The monoisotopic (exact) mass is 299 g/mol. The molecule has 0 fully saturated rings. The molecule has 3 N–H and O–H groups in total. The molecule has 112 valence electrons. The van der Waals surface area contributed by atoms with Crippen LogP contribution in [0.3, 0.4) is 0 Å². The fraction of sp³-hybridized carbons (Fsp3) is 0.0476. The van der Waals surface area contributed by atoms with Crippen LogP contribution in [-0.2, 0) is 0 Å². The summed E-state index contributed by atoms with van der Waals surface area (Å²) in [5.74, 6) is 0.254. The van der Waals surface area contributed by atoms with E-state index < -0.39 is 0 Å². The van der Waals surface area contributed by atoms with Crippen LogP contribution < -0.4 is 5.73 Å². The van der Waals surface area contributed by atoms with Gasteiger partial charge in [0.15, 0.2) is 0 Å². The summed E-state index contributed by atoms with van der Waals surface area (Å²) in [4.78, 5) is 0. The van der Waals surface area contributed by atoms with Crippen LogP contribution in [0.1, 0.15) is 5.56 Å². The fourth-order valence-corrected chi connectivity index (χ4v) is 3.25. The molecule has 0 saturated heterocycles. The predicted octanol–water partition coefficient (Wildman–Crippen LogP) is 5.26. The van der Waals surface area contributed by atoms with Crippen molar-refractivity contribution in [2.24, 2.45) is 0 Å². The van der Waals surface area contributed by atoms with Crippen molar-refractivity contribution in [3.63, 3.8) is 0 Å². The molecule has 0 unspecified atom stereocenters. The van der Waals surface area contributed by atoms with Crippen molar-refractivity contribution >= 4 is 27.2 Å². The molecule has 0 aliphatic rings. The SMILES string of the molecule is Cc1ccc2ccc(N)c(-c3c(O)ccc4ccccc34)c2c1. The average molecular weight is 299 g/mol. The van der Waals surface area contributed by atoms with Crippen LogP contribution >= 0.6 is 0 Å². The van der Waals surface area contributed by atoms with Crippen molar-refractivity contribution in [2.75, 3.05) is 5.73 Å². The Bertz CT molecular complexity index is 1050. The predicted molar refractivity (Wildman–Crippen MR) is 97.7 cm³/mol. The number of aryl methyl sites for hydroxylation is 1. The van der Waals surface area contributed by atoms with Crippen molar-refractivity contribution in [3.05, 3.63) is 72.3 Å². The molecule has 23 heavy (non-hydrogen) atoms. The molecule has 0 atom stereocenters. The lowest BCUT2D eigenvalue weighted by Gasteiger charge is -2.15. The van der Waals surface area contributed by atoms with E-state index in [0.717, 1.165) is 32.7 Å². The van der Waals surface area contributed by atoms with Gasteiger partial charge in [0.2, 0.25) is 0 Å². The third-order valence-electron chi connectivity index (χ3n) is 4.37. The maximum Gasteiger partial charge on any atom is 0.124 e. The molecule has 2 heteroatoms. The van der Waals surface area contributed by atoms with Crippen molar-refractivity contribution in [1.82, 2.24) is 0 Å². The molecule has 2 nitrogen and oxygen atoms in total. The number of rotatable bonds is 1. The zero-order valence-electron chi connectivity index (χ0n) is 12.9. The number of fused-ring (bicyclic) bond motifs is 2. The van der Waals surface area contributed by atoms with Gasteiger partial charge < -0.3 is 10.8 Å². The first-order valence-electron chi connectivity index (χ1n) is 7.65. The quantitative estimate of drug-likeness (QED) is 0.471. The number of hydrogen-bond donors (Lipinski definition) is 2. The Morgan fingerprint density at radius 1 is 0.739 bits per heavy atom. The van der Waals surface area contributed by atoms with Gasteiger partial charge in [-0.15, -0.1) is 0 Å². The Morgan fingerprint density at radius 3 is 2.30 bits per heavy atom. The third-order valence-corrected chi connectivity index (χ3v) is 4.37. The van der Waals surface area contributed by atoms with E-state index in [9.17, 15) is 5.11 Å². The molecule has 4 aromatic carbocycles. The van der Waals surface area contributed by atoms with E-state index in [0.29, 0.717) is 5.69 Å². The van der Waals surface area contributed by atoms with Crippen molar-refractivity contribution in [2.45, 2.75) is 6.92 Å². The molecule has 0 bridgehead atoms. The van der Waals surface area contributed by atoms with E-state index in [-0.39, 0.29) is 5.75 Å². The number of hydrogen-bond acceptors (Lipinski definition) is 2. The summed E-state index contributed by atoms with van der Waals surface area (Å²) in [5, 5.41) is 14.8. The second-order valence-corrected chi connectivity index (χ2v) is 5.94. The summed E-state index contributed by atoms with van der Waals surface area (Å²) >= 11 is 0. The van der Waals surface area contributed by atoms with Gasteiger partial charge in [0.1, 0.15) is 5.75 Å². The Balaban J connectivity index is 2.21. The lowest BCUT2D eigenvalue weighted by molar-refractivity contribution is 0.478. The van der Waals surface area contributed by atoms with E-state index in [1.165, 1.54) is 5.56 Å². The Labute approximate surface area is 134 Å². The minimum Gasteiger partial charge on any atom is -0.507 e. The zero-order valence-corrected chi connectivity index (χ0v) is 12.9. The van der Waals surface area contributed by atoms with E-state index in [4.69, 9.17) is 5.73 Å². The summed E-state index contributed by atoms with van der Waals surface area (Å²) in [5.41, 5.74) is 9.87. The number of phenols is 1. The van der Waals surface area contributed by atoms with Crippen LogP contribution in [0.5, 0.6) is 5.75 Å². The molecule has 0 radical (unpaired) electrons. The minimum atomic E-state index is 0.254. The fourth-order valence-electron chi connectivity index (χ4n) is 3.25. The van der Waals surface area contributed by atoms with Gasteiger partial charge in [-0.05, 0) is 40.6 Å². The molecule has 4 rings (SSSR count). The normalized spacial score (nSPS) is 11.2. The van der Waals surface area contributed by atoms with Gasteiger partial charge in [-0.1, -0.05) is 60.2 Å². The molecule has 0 amide bonds. The van der Waals surface area contributed by atoms with Gasteiger partial charge in [-0.2, -0.15) is 0 Å². The second-order valence-electron chi connectivity index (χ2n) is 5.94. The van der Waals surface area contributed by atoms with E-state index in [2.05, 4.69) is 25.1 Å². The van der Waals surface area contributed by atoms with Crippen LogP contribution in [0, 0.1) is 6.92 Å². The van der Waals surface area contributed by atoms with Gasteiger partial charge in [-0.25, -0.2) is 0 Å². The van der Waals surface area contributed by atoms with Crippen LogP contribution in [0.2, 0.25) is 0 Å². The summed E-state index contributed by atoms with van der Waals surface area (Å²) in [6.07, 6.45) is 0. The number of anilines is 1. The summed E-state index contributed by atoms with van der Waals surface area (Å²) in [6.45, 7) is 2.06. The lowest BCUT2D eigenvalue weighted by Crippen LogP contribution is -1.93. The Kier molecular flexibility index (Phi) is 2.98. The van der Waals surface area contributed by atoms with Gasteiger partial charge in [0.25, 0.3) is 0 Å². The summed E-state index contributed by atoms with van der Waals surface area (Å²) < 4.78 is 0. The van der Waals surface area contributed by atoms with Gasteiger partial charge in [0.05, 0.1) is 0 Å². The lowest BCUT2D eigenvalue weighted by atomic mass is 9.91. The molecule has 0 saturated carbocycles. The standard InChI is InChI=1S/C21H17NO/c1-13-6-7-15-8-10-18(22)20(17(15)12-13)21-16-5-3-2-4-14(16)9-11-19(21)23/h2-12,23H,22H2,1H3. The molecule has 0 spiro atoms. The van der Waals surface area contributed by atoms with Crippen molar-refractivity contribution in [3.8, 4) is 16.9 Å². The molecular formula is C21H17NO. The molecule has 0 heterocycles. The van der Waals surface area contributed by atoms with E-state index in [1.54, 1.807) is 6.07 Å². The number of aromatic hydroxyl groups is 1. The van der Waals surface area contributed by atoms with Crippen molar-refractivity contribution in [1.29, 1.82) is 0 Å². The van der Waals surface area contributed by atoms with Gasteiger partial charge in [-0.3, -0.25) is 0 Å². The first kappa shape index (κ1) is 13.6. The second kappa shape index (κ2) is 5.03. The van der Waals surface area contributed by atoms with E-state index >= 15 is 0 Å². The van der Waals surface area contributed by atoms with Crippen LogP contribution in [0.25, 0.3) is 32.7 Å². The van der Waals surface area contributed by atoms with Crippen LogP contribution in [0.15, 0.2) is 66.7 Å². The molecule has 0 aliphatic heterocycles. The molecule has 0 aromatic heterocycles. The minimum absolute atomic E-state index is 0.254. The van der Waals surface area contributed by atoms with Crippen LogP contribution in [0.4, 0.5) is 5.69 Å². The maximum atomic E-state index is 10.6. The highest BCUT2D eigenvalue weighted by Crippen LogP contribution is 2.43. The Morgan fingerprint density at radius 2 is 1.43 bits per heavy atom. The number of nitrogen functional groups attached to an aromatic ring is 1. The largest absolute Gasteiger partial charge is 0.507 e. The van der Waals surface area contributed by atoms with Crippen LogP contribution in [-0.4, -0.2) is 5.11 Å². The zero-order chi connectivity index (χ0) is 16.0. The topological polar surface area (TPSA) is 46.2 Å². The highest BCUT2D eigenvalue weighted by Gasteiger charge is 2.15.